The molecule has 0 saturated carbocycles. The predicted molar refractivity (Wildman–Crippen MR) is 105 cm³/mol. The first-order valence-corrected chi connectivity index (χ1v) is 10.5. The molecule has 8 heteroatoms. The van der Waals surface area contributed by atoms with Gasteiger partial charge in [-0.1, -0.05) is 6.07 Å². The number of benzene rings is 2. The monoisotopic (exact) mass is 408 g/mol. The second-order valence-electron chi connectivity index (χ2n) is 6.77. The van der Waals surface area contributed by atoms with E-state index in [4.69, 9.17) is 9.47 Å². The van der Waals surface area contributed by atoms with E-state index in [1.165, 1.54) is 16.4 Å². The van der Waals surface area contributed by atoms with Gasteiger partial charge < -0.3 is 9.47 Å². The van der Waals surface area contributed by atoms with Crippen LogP contribution in [0.25, 0.3) is 0 Å². The summed E-state index contributed by atoms with van der Waals surface area (Å²) in [5.41, 5.74) is 1.53. The zero-order valence-corrected chi connectivity index (χ0v) is 17.1. The summed E-state index contributed by atoms with van der Waals surface area (Å²) in [7, 11) is -0.476. The molecule has 2 aromatic rings. The lowest BCUT2D eigenvalue weighted by Gasteiger charge is -2.34. The van der Waals surface area contributed by atoms with Gasteiger partial charge in [-0.2, -0.15) is 4.31 Å². The molecular formula is C20H25FN2O4S. The van der Waals surface area contributed by atoms with Crippen LogP contribution in [-0.4, -0.2) is 58.0 Å². The van der Waals surface area contributed by atoms with Crippen molar-refractivity contribution < 1.29 is 22.3 Å². The molecule has 0 N–H and O–H groups in total. The lowest BCUT2D eigenvalue weighted by Crippen LogP contribution is -2.48. The molecule has 2 aromatic carbocycles. The standard InChI is InChI=1S/C20H25FN2O4S/c1-15-4-5-17(21)13-20(15)28(24,25)23-10-8-22(9-11-23)14-16-12-18(26-2)6-7-19(16)27-3/h4-7,12-13H,8-11,14H2,1-3H3. The number of nitrogens with zero attached hydrogens (tertiary/aromatic N) is 2. The van der Waals surface area contributed by atoms with Gasteiger partial charge in [0.15, 0.2) is 0 Å². The van der Waals surface area contributed by atoms with E-state index in [0.717, 1.165) is 23.1 Å². The van der Waals surface area contributed by atoms with Crippen LogP contribution in [0.2, 0.25) is 0 Å². The van der Waals surface area contributed by atoms with Crippen molar-refractivity contribution in [2.45, 2.75) is 18.4 Å². The molecule has 3 rings (SSSR count). The molecule has 1 saturated heterocycles. The molecule has 0 spiro atoms. The van der Waals surface area contributed by atoms with Gasteiger partial charge in [0.1, 0.15) is 17.3 Å². The van der Waals surface area contributed by atoms with Crippen LogP contribution >= 0.6 is 0 Å². The first-order valence-electron chi connectivity index (χ1n) is 9.04. The fraction of sp³-hybridized carbons (Fsp3) is 0.400. The van der Waals surface area contributed by atoms with Crippen molar-refractivity contribution in [2.75, 3.05) is 40.4 Å². The maximum atomic E-state index is 13.6. The smallest absolute Gasteiger partial charge is 0.243 e. The number of hydrogen-bond acceptors (Lipinski definition) is 5. The Hall–Kier alpha value is -2.16. The topological polar surface area (TPSA) is 59.1 Å². The Kier molecular flexibility index (Phi) is 6.22. The lowest BCUT2D eigenvalue weighted by molar-refractivity contribution is 0.180. The Bertz CT molecular complexity index is 941. The molecular weight excluding hydrogens is 383 g/mol. The van der Waals surface area contributed by atoms with Gasteiger partial charge in [-0.25, -0.2) is 12.8 Å². The normalized spacial score (nSPS) is 16.1. The number of halogens is 1. The molecule has 0 atom stereocenters. The van der Waals surface area contributed by atoms with Crippen LogP contribution in [0.5, 0.6) is 11.5 Å². The van der Waals surface area contributed by atoms with Gasteiger partial charge in [0.25, 0.3) is 0 Å². The van der Waals surface area contributed by atoms with E-state index in [0.29, 0.717) is 38.3 Å². The molecule has 0 radical (unpaired) electrons. The van der Waals surface area contributed by atoms with Gasteiger partial charge in [0.05, 0.1) is 19.1 Å². The molecule has 0 amide bonds. The van der Waals surface area contributed by atoms with Crippen molar-refractivity contribution in [2.24, 2.45) is 0 Å². The van der Waals surface area contributed by atoms with E-state index < -0.39 is 15.8 Å². The van der Waals surface area contributed by atoms with Crippen molar-refractivity contribution in [3.8, 4) is 11.5 Å². The summed E-state index contributed by atoms with van der Waals surface area (Å²) in [6.07, 6.45) is 0. The third-order valence-electron chi connectivity index (χ3n) is 4.98. The first-order chi connectivity index (χ1) is 13.3. The van der Waals surface area contributed by atoms with E-state index >= 15 is 0 Å². The van der Waals surface area contributed by atoms with Gasteiger partial charge in [-0.3, -0.25) is 4.90 Å². The van der Waals surface area contributed by atoms with Gasteiger partial charge in [-0.05, 0) is 42.8 Å². The van der Waals surface area contributed by atoms with Crippen LogP contribution in [0, 0.1) is 12.7 Å². The molecule has 1 aliphatic heterocycles. The van der Waals surface area contributed by atoms with Gasteiger partial charge in [-0.15, -0.1) is 0 Å². The fourth-order valence-corrected chi connectivity index (χ4v) is 5.02. The Labute approximate surface area is 165 Å². The Morgan fingerprint density at radius 3 is 2.36 bits per heavy atom. The summed E-state index contributed by atoms with van der Waals surface area (Å²) >= 11 is 0. The fourth-order valence-electron chi connectivity index (χ4n) is 3.37. The minimum atomic E-state index is -3.71. The molecule has 152 valence electrons. The highest BCUT2D eigenvalue weighted by molar-refractivity contribution is 7.89. The molecule has 1 aliphatic rings. The van der Waals surface area contributed by atoms with Crippen LogP contribution in [0.3, 0.4) is 0 Å². The summed E-state index contributed by atoms with van der Waals surface area (Å²) < 4.78 is 51.5. The van der Waals surface area contributed by atoms with Gasteiger partial charge >= 0.3 is 0 Å². The molecule has 6 nitrogen and oxygen atoms in total. The average Bonchev–Trinajstić information content (AvgIpc) is 2.70. The Morgan fingerprint density at radius 1 is 1.00 bits per heavy atom. The molecule has 0 aromatic heterocycles. The second kappa shape index (κ2) is 8.46. The van der Waals surface area contributed by atoms with Crippen LogP contribution in [0.4, 0.5) is 4.39 Å². The van der Waals surface area contributed by atoms with Crippen molar-refractivity contribution in [3.05, 3.63) is 53.3 Å². The van der Waals surface area contributed by atoms with Crippen LogP contribution in [0.1, 0.15) is 11.1 Å². The number of ether oxygens (including phenoxy) is 2. The highest BCUT2D eigenvalue weighted by Gasteiger charge is 2.30. The van der Waals surface area contributed by atoms with Crippen molar-refractivity contribution in [3.63, 3.8) is 0 Å². The summed E-state index contributed by atoms with van der Waals surface area (Å²) in [4.78, 5) is 2.21. The van der Waals surface area contributed by atoms with E-state index in [1.807, 2.05) is 18.2 Å². The molecule has 0 unspecified atom stereocenters. The van der Waals surface area contributed by atoms with E-state index in [-0.39, 0.29) is 4.90 Å². The number of methoxy groups -OCH3 is 2. The minimum absolute atomic E-state index is 0.0374. The summed E-state index contributed by atoms with van der Waals surface area (Å²) in [6.45, 7) is 4.17. The quantitative estimate of drug-likeness (QED) is 0.736. The second-order valence-corrected chi connectivity index (χ2v) is 8.67. The maximum absolute atomic E-state index is 13.6. The number of rotatable bonds is 6. The third kappa shape index (κ3) is 4.29. The number of hydrogen-bond donors (Lipinski definition) is 0. The summed E-state index contributed by atoms with van der Waals surface area (Å²) in [5.74, 6) is 0.970. The van der Waals surface area contributed by atoms with Gasteiger partial charge in [0, 0.05) is 38.3 Å². The lowest BCUT2D eigenvalue weighted by atomic mass is 10.1. The number of piperazine rings is 1. The molecule has 1 heterocycles. The van der Waals surface area contributed by atoms with E-state index in [2.05, 4.69) is 4.90 Å². The Morgan fingerprint density at radius 2 is 1.71 bits per heavy atom. The number of aryl methyl sites for hydroxylation is 1. The zero-order valence-electron chi connectivity index (χ0n) is 16.3. The summed E-state index contributed by atoms with van der Waals surface area (Å²) in [5, 5.41) is 0. The molecule has 0 aliphatic carbocycles. The number of sulfonamides is 1. The van der Waals surface area contributed by atoms with Crippen LogP contribution in [-0.2, 0) is 16.6 Å². The maximum Gasteiger partial charge on any atom is 0.243 e. The predicted octanol–water partition coefficient (Wildman–Crippen LogP) is 2.66. The largest absolute Gasteiger partial charge is 0.497 e. The van der Waals surface area contributed by atoms with Crippen molar-refractivity contribution >= 4 is 10.0 Å². The molecule has 1 fully saturated rings. The highest BCUT2D eigenvalue weighted by atomic mass is 32.2. The Balaban J connectivity index is 1.70. The first kappa shape index (κ1) is 20.6. The van der Waals surface area contributed by atoms with Gasteiger partial charge in [0.2, 0.25) is 10.0 Å². The average molecular weight is 408 g/mol. The van der Waals surface area contributed by atoms with E-state index in [9.17, 15) is 12.8 Å². The highest BCUT2D eigenvalue weighted by Crippen LogP contribution is 2.27. The molecule has 28 heavy (non-hydrogen) atoms. The third-order valence-corrected chi connectivity index (χ3v) is 7.02. The van der Waals surface area contributed by atoms with Crippen LogP contribution < -0.4 is 9.47 Å². The molecule has 0 bridgehead atoms. The van der Waals surface area contributed by atoms with Crippen LogP contribution in [0.15, 0.2) is 41.3 Å². The van der Waals surface area contributed by atoms with Crippen molar-refractivity contribution in [1.29, 1.82) is 0 Å². The summed E-state index contributed by atoms with van der Waals surface area (Å²) in [6, 6.07) is 9.49. The SMILES string of the molecule is COc1ccc(OC)c(CN2CCN(S(=O)(=O)c3cc(F)ccc3C)CC2)c1. The zero-order chi connectivity index (χ0) is 20.3. The van der Waals surface area contributed by atoms with E-state index in [1.54, 1.807) is 21.1 Å². The minimum Gasteiger partial charge on any atom is -0.497 e. The van der Waals surface area contributed by atoms with Crippen molar-refractivity contribution in [1.82, 2.24) is 9.21 Å².